The summed E-state index contributed by atoms with van der Waals surface area (Å²) < 4.78 is 11.3. The number of hydrogen-bond donors (Lipinski definition) is 2. The Balaban J connectivity index is 2.05. The van der Waals surface area contributed by atoms with Gasteiger partial charge >= 0.3 is 0 Å². The number of rotatable bonds is 9. The zero-order valence-electron chi connectivity index (χ0n) is 15.4. The minimum Gasteiger partial charge on any atom is -0.493 e. The molecule has 0 heterocycles. The molecule has 2 amide bonds. The van der Waals surface area contributed by atoms with E-state index in [-0.39, 0.29) is 11.8 Å². The molecule has 0 aliphatic rings. The SMILES string of the molecule is CCCOc1ccc(Br)cc1C(=O)Nc1ccc(C(=O)NCCOC)cc1. The monoisotopic (exact) mass is 434 g/mol. The first-order valence-electron chi connectivity index (χ1n) is 8.66. The van der Waals surface area contributed by atoms with Crippen LogP contribution < -0.4 is 15.4 Å². The van der Waals surface area contributed by atoms with E-state index in [2.05, 4.69) is 26.6 Å². The van der Waals surface area contributed by atoms with Crippen LogP contribution in [0.5, 0.6) is 5.75 Å². The number of benzene rings is 2. The standard InChI is InChI=1S/C20H23BrN2O4/c1-3-11-27-18-9-6-15(21)13-17(18)20(25)23-16-7-4-14(5-8-16)19(24)22-10-12-26-2/h4-9,13H,3,10-12H2,1-2H3,(H,22,24)(H,23,25). The van der Waals surface area contributed by atoms with E-state index in [1.165, 1.54) is 0 Å². The van der Waals surface area contributed by atoms with Gasteiger partial charge in [-0.05, 0) is 48.9 Å². The third-order valence-corrected chi connectivity index (χ3v) is 4.14. The summed E-state index contributed by atoms with van der Waals surface area (Å²) in [6, 6.07) is 12.0. The van der Waals surface area contributed by atoms with Crippen molar-refractivity contribution >= 4 is 33.4 Å². The third kappa shape index (κ3) is 6.37. The molecular weight excluding hydrogens is 412 g/mol. The molecule has 144 valence electrons. The maximum absolute atomic E-state index is 12.6. The van der Waals surface area contributed by atoms with Crippen LogP contribution in [0.15, 0.2) is 46.9 Å². The van der Waals surface area contributed by atoms with Crippen LogP contribution in [0.25, 0.3) is 0 Å². The molecule has 0 radical (unpaired) electrons. The summed E-state index contributed by atoms with van der Waals surface area (Å²) in [4.78, 5) is 24.6. The summed E-state index contributed by atoms with van der Waals surface area (Å²) in [7, 11) is 1.58. The van der Waals surface area contributed by atoms with Gasteiger partial charge in [-0.15, -0.1) is 0 Å². The van der Waals surface area contributed by atoms with Crippen molar-refractivity contribution in [3.63, 3.8) is 0 Å². The number of anilines is 1. The number of carbonyl (C=O) groups excluding carboxylic acids is 2. The van der Waals surface area contributed by atoms with Gasteiger partial charge in [0.2, 0.25) is 0 Å². The van der Waals surface area contributed by atoms with Crippen molar-refractivity contribution in [2.45, 2.75) is 13.3 Å². The van der Waals surface area contributed by atoms with Gasteiger partial charge in [0.25, 0.3) is 11.8 Å². The molecule has 7 heteroatoms. The molecule has 0 spiro atoms. The highest BCUT2D eigenvalue weighted by Gasteiger charge is 2.14. The maximum Gasteiger partial charge on any atom is 0.259 e. The second kappa shape index (κ2) is 10.7. The van der Waals surface area contributed by atoms with Gasteiger partial charge in [-0.2, -0.15) is 0 Å². The van der Waals surface area contributed by atoms with Crippen molar-refractivity contribution in [1.29, 1.82) is 0 Å². The third-order valence-electron chi connectivity index (χ3n) is 3.64. The zero-order chi connectivity index (χ0) is 19.6. The lowest BCUT2D eigenvalue weighted by Crippen LogP contribution is -2.26. The van der Waals surface area contributed by atoms with Gasteiger partial charge in [0.1, 0.15) is 5.75 Å². The summed E-state index contributed by atoms with van der Waals surface area (Å²) >= 11 is 3.38. The number of hydrogen-bond acceptors (Lipinski definition) is 4. The van der Waals surface area contributed by atoms with Gasteiger partial charge in [-0.25, -0.2) is 0 Å². The van der Waals surface area contributed by atoms with Gasteiger partial charge < -0.3 is 20.1 Å². The quantitative estimate of drug-likeness (QED) is 0.587. The van der Waals surface area contributed by atoms with Crippen molar-refractivity contribution in [2.75, 3.05) is 32.2 Å². The van der Waals surface area contributed by atoms with E-state index in [1.807, 2.05) is 13.0 Å². The molecule has 27 heavy (non-hydrogen) atoms. The number of methoxy groups -OCH3 is 1. The fourth-order valence-corrected chi connectivity index (χ4v) is 2.65. The first-order valence-corrected chi connectivity index (χ1v) is 9.45. The zero-order valence-corrected chi connectivity index (χ0v) is 17.0. The molecule has 0 fully saturated rings. The number of ether oxygens (including phenoxy) is 2. The van der Waals surface area contributed by atoms with Gasteiger partial charge in [-0.1, -0.05) is 22.9 Å². The molecule has 2 rings (SSSR count). The van der Waals surface area contributed by atoms with Crippen molar-refractivity contribution in [3.05, 3.63) is 58.1 Å². The van der Waals surface area contributed by atoms with E-state index >= 15 is 0 Å². The fraction of sp³-hybridized carbons (Fsp3) is 0.300. The van der Waals surface area contributed by atoms with E-state index in [0.29, 0.717) is 42.3 Å². The van der Waals surface area contributed by atoms with Crippen LogP contribution in [0, 0.1) is 0 Å². The minimum atomic E-state index is -0.278. The van der Waals surface area contributed by atoms with Crippen molar-refractivity contribution in [3.8, 4) is 5.75 Å². The summed E-state index contributed by atoms with van der Waals surface area (Å²) in [5, 5.41) is 5.58. The predicted molar refractivity (Wildman–Crippen MR) is 109 cm³/mol. The largest absolute Gasteiger partial charge is 0.493 e. The summed E-state index contributed by atoms with van der Waals surface area (Å²) in [5.74, 6) is 0.0681. The van der Waals surface area contributed by atoms with Crippen LogP contribution in [0.3, 0.4) is 0 Å². The Hall–Kier alpha value is -2.38. The van der Waals surface area contributed by atoms with Crippen LogP contribution in [-0.2, 0) is 4.74 Å². The predicted octanol–water partition coefficient (Wildman–Crippen LogP) is 3.87. The molecule has 0 saturated heterocycles. The lowest BCUT2D eigenvalue weighted by atomic mass is 10.1. The lowest BCUT2D eigenvalue weighted by Gasteiger charge is -2.12. The molecule has 2 N–H and O–H groups in total. The Kier molecular flexibility index (Phi) is 8.29. The number of halogens is 1. The van der Waals surface area contributed by atoms with Gasteiger partial charge in [-0.3, -0.25) is 9.59 Å². The van der Waals surface area contributed by atoms with E-state index in [4.69, 9.17) is 9.47 Å². The van der Waals surface area contributed by atoms with E-state index in [0.717, 1.165) is 10.9 Å². The molecule has 0 aliphatic heterocycles. The molecule has 0 saturated carbocycles. The first kappa shape index (κ1) is 20.9. The number of nitrogens with one attached hydrogen (secondary N) is 2. The Morgan fingerprint density at radius 1 is 1.04 bits per heavy atom. The Labute approximate surface area is 167 Å². The average Bonchev–Trinajstić information content (AvgIpc) is 2.67. The highest BCUT2D eigenvalue weighted by molar-refractivity contribution is 9.10. The van der Waals surface area contributed by atoms with Gasteiger partial charge in [0.15, 0.2) is 0 Å². The molecule has 0 bridgehead atoms. The molecule has 2 aromatic rings. The molecule has 2 aromatic carbocycles. The van der Waals surface area contributed by atoms with Crippen LogP contribution in [0.2, 0.25) is 0 Å². The molecule has 0 atom stereocenters. The highest BCUT2D eigenvalue weighted by atomic mass is 79.9. The van der Waals surface area contributed by atoms with Gasteiger partial charge in [0.05, 0.1) is 18.8 Å². The van der Waals surface area contributed by atoms with E-state index in [1.54, 1.807) is 43.5 Å². The Bertz CT molecular complexity index is 778. The average molecular weight is 435 g/mol. The topological polar surface area (TPSA) is 76.7 Å². The number of carbonyl (C=O) groups is 2. The fourth-order valence-electron chi connectivity index (χ4n) is 2.29. The summed E-state index contributed by atoms with van der Waals surface area (Å²) in [5.41, 5.74) is 1.55. The van der Waals surface area contributed by atoms with Crippen LogP contribution in [0.4, 0.5) is 5.69 Å². The minimum absolute atomic E-state index is 0.188. The molecule has 0 unspecified atom stereocenters. The highest BCUT2D eigenvalue weighted by Crippen LogP contribution is 2.24. The van der Waals surface area contributed by atoms with Crippen molar-refractivity contribution in [1.82, 2.24) is 5.32 Å². The van der Waals surface area contributed by atoms with Crippen LogP contribution >= 0.6 is 15.9 Å². The molecule has 0 aliphatic carbocycles. The second-order valence-corrected chi connectivity index (χ2v) is 6.68. The molecule has 0 aromatic heterocycles. The van der Waals surface area contributed by atoms with Crippen molar-refractivity contribution in [2.24, 2.45) is 0 Å². The second-order valence-electron chi connectivity index (χ2n) is 5.77. The Morgan fingerprint density at radius 2 is 1.78 bits per heavy atom. The summed E-state index contributed by atoms with van der Waals surface area (Å²) in [6.07, 6.45) is 0.852. The van der Waals surface area contributed by atoms with Crippen molar-refractivity contribution < 1.29 is 19.1 Å². The van der Waals surface area contributed by atoms with E-state index < -0.39 is 0 Å². The van der Waals surface area contributed by atoms with Gasteiger partial charge in [0, 0.05) is 29.4 Å². The molecule has 6 nitrogen and oxygen atoms in total. The maximum atomic E-state index is 12.6. The van der Waals surface area contributed by atoms with E-state index in [9.17, 15) is 9.59 Å². The molecular formula is C20H23BrN2O4. The van der Waals surface area contributed by atoms with Crippen LogP contribution in [-0.4, -0.2) is 38.7 Å². The Morgan fingerprint density at radius 3 is 2.44 bits per heavy atom. The number of amides is 2. The lowest BCUT2D eigenvalue weighted by molar-refractivity contribution is 0.0936. The first-order chi connectivity index (χ1) is 13.0. The normalized spacial score (nSPS) is 10.3. The van der Waals surface area contributed by atoms with Crippen LogP contribution in [0.1, 0.15) is 34.1 Å². The summed E-state index contributed by atoms with van der Waals surface area (Å²) in [6.45, 7) is 3.44. The smallest absolute Gasteiger partial charge is 0.259 e.